The van der Waals surface area contributed by atoms with E-state index < -0.39 is 12.0 Å². The smallest absolute Gasteiger partial charge is 0.326 e. The average molecular weight is 392 g/mol. The summed E-state index contributed by atoms with van der Waals surface area (Å²) in [5.74, 6) is -0.320. The molecule has 0 saturated heterocycles. The first-order chi connectivity index (χ1) is 9.93. The first kappa shape index (κ1) is 18.4. The Morgan fingerprint density at radius 1 is 1.43 bits per heavy atom. The summed E-state index contributed by atoms with van der Waals surface area (Å²) in [7, 11) is 0. The summed E-state index contributed by atoms with van der Waals surface area (Å²) in [6.07, 6.45) is 2.34. The lowest BCUT2D eigenvalue weighted by Crippen LogP contribution is -2.42. The Balaban J connectivity index is 2.50. The maximum Gasteiger partial charge on any atom is 0.326 e. The van der Waals surface area contributed by atoms with E-state index in [4.69, 9.17) is 5.11 Å². The van der Waals surface area contributed by atoms with Gasteiger partial charge in [0.1, 0.15) is 6.04 Å². The molecular formula is C14H18BrNO3S2. The standard InChI is InChI=1S/C14H18BrNO3S2/c1-9-7-10(15)3-4-12(9)21-8-13(17)16-11(14(18)19)5-6-20-2/h3-4,7,11H,5-6,8H2,1-2H3,(H,16,17)(H,18,19). The first-order valence-electron chi connectivity index (χ1n) is 6.34. The molecule has 0 aliphatic carbocycles. The van der Waals surface area contributed by atoms with Gasteiger partial charge >= 0.3 is 5.97 Å². The average Bonchev–Trinajstić information content (AvgIpc) is 2.42. The topological polar surface area (TPSA) is 66.4 Å². The van der Waals surface area contributed by atoms with E-state index >= 15 is 0 Å². The van der Waals surface area contributed by atoms with Crippen LogP contribution in [0.25, 0.3) is 0 Å². The Kier molecular flexibility index (Phi) is 8.21. The van der Waals surface area contributed by atoms with Crippen LogP contribution in [0.3, 0.4) is 0 Å². The highest BCUT2D eigenvalue weighted by Gasteiger charge is 2.19. The molecule has 0 fully saturated rings. The highest BCUT2D eigenvalue weighted by atomic mass is 79.9. The number of nitrogens with one attached hydrogen (secondary N) is 1. The van der Waals surface area contributed by atoms with E-state index in [2.05, 4.69) is 21.2 Å². The minimum absolute atomic E-state index is 0.214. The Bertz CT molecular complexity index is 511. The molecule has 1 rings (SSSR count). The van der Waals surface area contributed by atoms with Crippen LogP contribution in [0.1, 0.15) is 12.0 Å². The molecule has 116 valence electrons. The fraction of sp³-hybridized carbons (Fsp3) is 0.429. The van der Waals surface area contributed by atoms with E-state index in [1.807, 2.05) is 31.4 Å². The van der Waals surface area contributed by atoms with E-state index in [9.17, 15) is 9.59 Å². The fourth-order valence-electron chi connectivity index (χ4n) is 1.65. The Morgan fingerprint density at radius 2 is 2.14 bits per heavy atom. The van der Waals surface area contributed by atoms with Crippen molar-refractivity contribution in [1.29, 1.82) is 0 Å². The number of carbonyl (C=O) groups is 2. The first-order valence-corrected chi connectivity index (χ1v) is 9.51. The van der Waals surface area contributed by atoms with Crippen molar-refractivity contribution in [3.05, 3.63) is 28.2 Å². The predicted molar refractivity (Wildman–Crippen MR) is 92.2 cm³/mol. The molecule has 1 unspecified atom stereocenters. The zero-order valence-electron chi connectivity index (χ0n) is 11.9. The summed E-state index contributed by atoms with van der Waals surface area (Å²) < 4.78 is 0.997. The molecule has 0 heterocycles. The summed E-state index contributed by atoms with van der Waals surface area (Å²) in [5, 5.41) is 11.6. The summed E-state index contributed by atoms with van der Waals surface area (Å²) >= 11 is 6.37. The third-order valence-electron chi connectivity index (χ3n) is 2.74. The van der Waals surface area contributed by atoms with Crippen LogP contribution in [0, 0.1) is 6.92 Å². The van der Waals surface area contributed by atoms with Crippen molar-refractivity contribution < 1.29 is 14.7 Å². The molecule has 1 aromatic carbocycles. The van der Waals surface area contributed by atoms with Crippen molar-refractivity contribution in [2.75, 3.05) is 17.8 Å². The van der Waals surface area contributed by atoms with Crippen molar-refractivity contribution in [3.8, 4) is 0 Å². The molecule has 0 aliphatic heterocycles. The van der Waals surface area contributed by atoms with Gasteiger partial charge in [0, 0.05) is 9.37 Å². The quantitative estimate of drug-likeness (QED) is 0.666. The Labute approximate surface area is 141 Å². The number of hydrogen-bond donors (Lipinski definition) is 2. The molecular weight excluding hydrogens is 374 g/mol. The van der Waals surface area contributed by atoms with Gasteiger partial charge < -0.3 is 10.4 Å². The normalized spacial score (nSPS) is 12.0. The molecule has 21 heavy (non-hydrogen) atoms. The zero-order valence-corrected chi connectivity index (χ0v) is 15.1. The molecule has 2 N–H and O–H groups in total. The van der Waals surface area contributed by atoms with E-state index in [-0.39, 0.29) is 11.7 Å². The molecule has 0 aromatic heterocycles. The van der Waals surface area contributed by atoms with E-state index in [0.717, 1.165) is 14.9 Å². The van der Waals surface area contributed by atoms with Crippen molar-refractivity contribution >= 4 is 51.3 Å². The van der Waals surface area contributed by atoms with Crippen LogP contribution in [0.5, 0.6) is 0 Å². The second-order valence-corrected chi connectivity index (χ2v) is 7.36. The molecule has 7 heteroatoms. The molecule has 1 atom stereocenters. The molecule has 0 aliphatic rings. The Hall–Kier alpha value is -0.660. The van der Waals surface area contributed by atoms with Crippen molar-refractivity contribution in [1.82, 2.24) is 5.32 Å². The third-order valence-corrected chi connectivity index (χ3v) is 5.05. The van der Waals surface area contributed by atoms with Gasteiger partial charge in [-0.3, -0.25) is 4.79 Å². The van der Waals surface area contributed by atoms with Gasteiger partial charge in [0.05, 0.1) is 5.75 Å². The van der Waals surface area contributed by atoms with Gasteiger partial charge in [-0.05, 0) is 49.1 Å². The van der Waals surface area contributed by atoms with Gasteiger partial charge in [0.15, 0.2) is 0 Å². The lowest BCUT2D eigenvalue weighted by Gasteiger charge is -2.14. The van der Waals surface area contributed by atoms with E-state index in [1.165, 1.54) is 11.8 Å². The van der Waals surface area contributed by atoms with Gasteiger partial charge in [-0.1, -0.05) is 15.9 Å². The van der Waals surface area contributed by atoms with Crippen LogP contribution in [-0.4, -0.2) is 40.8 Å². The van der Waals surface area contributed by atoms with Gasteiger partial charge in [-0.25, -0.2) is 4.79 Å². The van der Waals surface area contributed by atoms with Crippen LogP contribution >= 0.6 is 39.5 Å². The second kappa shape index (κ2) is 9.38. The number of aryl methyl sites for hydroxylation is 1. The lowest BCUT2D eigenvalue weighted by molar-refractivity contribution is -0.141. The monoisotopic (exact) mass is 391 g/mol. The van der Waals surface area contributed by atoms with Crippen molar-refractivity contribution in [2.45, 2.75) is 24.3 Å². The molecule has 0 spiro atoms. The lowest BCUT2D eigenvalue weighted by atomic mass is 10.2. The van der Waals surface area contributed by atoms with E-state index in [1.54, 1.807) is 11.8 Å². The largest absolute Gasteiger partial charge is 0.480 e. The fourth-order valence-corrected chi connectivity index (χ4v) is 3.41. The number of carboxylic acid groups (broad SMARTS) is 1. The number of carbonyl (C=O) groups excluding carboxylic acids is 1. The number of carboxylic acids is 1. The van der Waals surface area contributed by atoms with Gasteiger partial charge in [-0.2, -0.15) is 11.8 Å². The number of benzene rings is 1. The third kappa shape index (κ3) is 6.76. The number of thioether (sulfide) groups is 2. The number of rotatable bonds is 8. The molecule has 0 radical (unpaired) electrons. The summed E-state index contributed by atoms with van der Waals surface area (Å²) in [6, 6.07) is 5.04. The highest BCUT2D eigenvalue weighted by Crippen LogP contribution is 2.25. The molecule has 1 amide bonds. The molecule has 1 aromatic rings. The van der Waals surface area contributed by atoms with Gasteiger partial charge in [0.2, 0.25) is 5.91 Å². The summed E-state index contributed by atoms with van der Waals surface area (Å²) in [4.78, 5) is 23.9. The van der Waals surface area contributed by atoms with E-state index in [0.29, 0.717) is 12.2 Å². The van der Waals surface area contributed by atoms with Crippen LogP contribution in [0.2, 0.25) is 0 Å². The number of hydrogen-bond acceptors (Lipinski definition) is 4. The number of aliphatic carboxylic acids is 1. The molecule has 4 nitrogen and oxygen atoms in total. The summed E-state index contributed by atoms with van der Waals surface area (Å²) in [5.41, 5.74) is 1.08. The van der Waals surface area contributed by atoms with Gasteiger partial charge in [0.25, 0.3) is 0 Å². The van der Waals surface area contributed by atoms with Crippen LogP contribution in [0.4, 0.5) is 0 Å². The Morgan fingerprint density at radius 3 is 2.71 bits per heavy atom. The summed E-state index contributed by atoms with van der Waals surface area (Å²) in [6.45, 7) is 1.98. The highest BCUT2D eigenvalue weighted by molar-refractivity contribution is 9.10. The van der Waals surface area contributed by atoms with Crippen LogP contribution in [0.15, 0.2) is 27.6 Å². The van der Waals surface area contributed by atoms with Crippen LogP contribution < -0.4 is 5.32 Å². The maximum absolute atomic E-state index is 11.9. The number of halogens is 1. The maximum atomic E-state index is 11.9. The van der Waals surface area contributed by atoms with Crippen molar-refractivity contribution in [3.63, 3.8) is 0 Å². The van der Waals surface area contributed by atoms with Crippen molar-refractivity contribution in [2.24, 2.45) is 0 Å². The minimum Gasteiger partial charge on any atom is -0.480 e. The molecule has 0 saturated carbocycles. The second-order valence-electron chi connectivity index (χ2n) is 4.44. The zero-order chi connectivity index (χ0) is 15.8. The van der Waals surface area contributed by atoms with Crippen LogP contribution in [-0.2, 0) is 9.59 Å². The predicted octanol–water partition coefficient (Wildman–Crippen LogP) is 3.17. The minimum atomic E-state index is -0.984. The number of amides is 1. The molecule has 0 bridgehead atoms. The van der Waals surface area contributed by atoms with Gasteiger partial charge in [-0.15, -0.1) is 11.8 Å². The SMILES string of the molecule is CSCCC(NC(=O)CSc1ccc(Br)cc1C)C(=O)O.